The summed E-state index contributed by atoms with van der Waals surface area (Å²) in [6.07, 6.45) is 0. The molecule has 1 rings (SSSR count). The van der Waals surface area contributed by atoms with Crippen molar-refractivity contribution in [2.24, 2.45) is 5.11 Å². The second-order valence-electron chi connectivity index (χ2n) is 3.08. The van der Waals surface area contributed by atoms with Crippen LogP contribution in [-0.2, 0) is 4.79 Å². The van der Waals surface area contributed by atoms with E-state index < -0.39 is 0 Å². The van der Waals surface area contributed by atoms with E-state index in [1.54, 1.807) is 0 Å². The van der Waals surface area contributed by atoms with E-state index in [-0.39, 0.29) is 18.5 Å². The van der Waals surface area contributed by atoms with Gasteiger partial charge in [-0.15, -0.1) is 0 Å². The van der Waals surface area contributed by atoms with E-state index in [1.807, 2.05) is 30.3 Å². The van der Waals surface area contributed by atoms with Gasteiger partial charge in [-0.25, -0.2) is 0 Å². The number of nitrogens with one attached hydrogen (secondary N) is 1. The molecule has 0 aliphatic heterocycles. The lowest BCUT2D eigenvalue weighted by Crippen LogP contribution is -2.27. The molecule has 0 heterocycles. The number of carbonyl (C=O) groups excluding carboxylic acids is 1. The van der Waals surface area contributed by atoms with Gasteiger partial charge in [0, 0.05) is 11.8 Å². The Morgan fingerprint density at radius 1 is 1.53 bits per heavy atom. The summed E-state index contributed by atoms with van der Waals surface area (Å²) < 4.78 is 0. The Kier molecular flexibility index (Phi) is 4.19. The molecule has 0 radical (unpaired) electrons. The third kappa shape index (κ3) is 3.70. The molecule has 0 bridgehead atoms. The SMILES string of the molecule is CC(=O)NC(CN=[N+]=[N-])c1ccccc1. The molecule has 1 aromatic carbocycles. The number of hydrogen-bond acceptors (Lipinski definition) is 2. The predicted octanol–water partition coefficient (Wildman–Crippen LogP) is 2.17. The molecule has 1 aromatic rings. The molecule has 1 amide bonds. The van der Waals surface area contributed by atoms with Gasteiger partial charge in [0.1, 0.15) is 0 Å². The minimum Gasteiger partial charge on any atom is -0.349 e. The average molecular weight is 204 g/mol. The highest BCUT2D eigenvalue weighted by atomic mass is 16.1. The second kappa shape index (κ2) is 5.67. The normalized spacial score (nSPS) is 11.3. The molecule has 0 spiro atoms. The van der Waals surface area contributed by atoms with Crippen molar-refractivity contribution in [3.8, 4) is 0 Å². The van der Waals surface area contributed by atoms with Gasteiger partial charge in [0.15, 0.2) is 0 Å². The summed E-state index contributed by atoms with van der Waals surface area (Å²) in [4.78, 5) is 13.6. The fourth-order valence-corrected chi connectivity index (χ4v) is 1.28. The minimum atomic E-state index is -0.250. The van der Waals surface area contributed by atoms with Gasteiger partial charge >= 0.3 is 0 Å². The fourth-order valence-electron chi connectivity index (χ4n) is 1.28. The number of azide groups is 1. The third-order valence-electron chi connectivity index (χ3n) is 1.91. The quantitative estimate of drug-likeness (QED) is 0.455. The van der Waals surface area contributed by atoms with Crippen molar-refractivity contribution in [3.63, 3.8) is 0 Å². The van der Waals surface area contributed by atoms with Crippen molar-refractivity contribution >= 4 is 5.91 Å². The highest BCUT2D eigenvalue weighted by Gasteiger charge is 2.10. The zero-order valence-electron chi connectivity index (χ0n) is 8.42. The first kappa shape index (κ1) is 11.1. The first-order valence-electron chi connectivity index (χ1n) is 4.57. The maximum absolute atomic E-state index is 10.9. The predicted molar refractivity (Wildman–Crippen MR) is 57.0 cm³/mol. The van der Waals surface area contributed by atoms with Crippen LogP contribution in [-0.4, -0.2) is 12.5 Å². The Bertz CT molecular complexity index is 366. The molecular weight excluding hydrogens is 192 g/mol. The van der Waals surface area contributed by atoms with Crippen LogP contribution in [0.4, 0.5) is 0 Å². The molecule has 0 aliphatic carbocycles. The van der Waals surface area contributed by atoms with Crippen LogP contribution in [0, 0.1) is 0 Å². The minimum absolute atomic E-state index is 0.142. The number of carbonyl (C=O) groups is 1. The zero-order chi connectivity index (χ0) is 11.1. The van der Waals surface area contributed by atoms with Crippen LogP contribution in [0.15, 0.2) is 35.4 Å². The molecule has 1 N–H and O–H groups in total. The monoisotopic (exact) mass is 204 g/mol. The molecule has 0 aromatic heterocycles. The number of benzene rings is 1. The Morgan fingerprint density at radius 2 is 2.20 bits per heavy atom. The fraction of sp³-hybridized carbons (Fsp3) is 0.300. The highest BCUT2D eigenvalue weighted by molar-refractivity contribution is 5.73. The van der Waals surface area contributed by atoms with Crippen LogP contribution >= 0.6 is 0 Å². The van der Waals surface area contributed by atoms with Crippen LogP contribution in [0.2, 0.25) is 0 Å². The molecular formula is C10H12N4O. The topological polar surface area (TPSA) is 77.9 Å². The van der Waals surface area contributed by atoms with Gasteiger partial charge in [-0.1, -0.05) is 35.4 Å². The van der Waals surface area contributed by atoms with E-state index in [4.69, 9.17) is 5.53 Å². The molecule has 1 atom stereocenters. The largest absolute Gasteiger partial charge is 0.349 e. The molecule has 5 heteroatoms. The third-order valence-corrected chi connectivity index (χ3v) is 1.91. The average Bonchev–Trinajstić information content (AvgIpc) is 2.25. The smallest absolute Gasteiger partial charge is 0.217 e. The first-order valence-corrected chi connectivity index (χ1v) is 4.57. The number of nitrogens with zero attached hydrogens (tertiary/aromatic N) is 3. The van der Waals surface area contributed by atoms with Crippen molar-refractivity contribution in [2.75, 3.05) is 6.54 Å². The summed E-state index contributed by atoms with van der Waals surface area (Å²) in [6, 6.07) is 9.16. The van der Waals surface area contributed by atoms with Crippen molar-refractivity contribution in [3.05, 3.63) is 46.3 Å². The lowest BCUT2D eigenvalue weighted by molar-refractivity contribution is -0.119. The lowest BCUT2D eigenvalue weighted by Gasteiger charge is -2.15. The summed E-state index contributed by atoms with van der Waals surface area (Å²) in [5.74, 6) is -0.142. The summed E-state index contributed by atoms with van der Waals surface area (Å²) in [5.41, 5.74) is 9.17. The van der Waals surface area contributed by atoms with E-state index in [0.29, 0.717) is 0 Å². The molecule has 15 heavy (non-hydrogen) atoms. The first-order chi connectivity index (χ1) is 7.24. The summed E-state index contributed by atoms with van der Waals surface area (Å²) in [7, 11) is 0. The van der Waals surface area contributed by atoms with Gasteiger partial charge in [-0.2, -0.15) is 0 Å². The van der Waals surface area contributed by atoms with Crippen LogP contribution in [0.5, 0.6) is 0 Å². The highest BCUT2D eigenvalue weighted by Crippen LogP contribution is 2.12. The number of amides is 1. The van der Waals surface area contributed by atoms with Crippen LogP contribution in [0.25, 0.3) is 10.4 Å². The van der Waals surface area contributed by atoms with Gasteiger partial charge in [-0.3, -0.25) is 4.79 Å². The van der Waals surface area contributed by atoms with Gasteiger partial charge in [-0.05, 0) is 11.1 Å². The zero-order valence-corrected chi connectivity index (χ0v) is 8.42. The Labute approximate surface area is 87.7 Å². The molecule has 0 aliphatic rings. The van der Waals surface area contributed by atoms with Crippen LogP contribution < -0.4 is 5.32 Å². The van der Waals surface area contributed by atoms with Crippen LogP contribution in [0.3, 0.4) is 0 Å². The summed E-state index contributed by atoms with van der Waals surface area (Å²) in [6.45, 7) is 1.66. The van der Waals surface area contributed by atoms with E-state index in [2.05, 4.69) is 15.3 Å². The Balaban J connectivity index is 2.80. The van der Waals surface area contributed by atoms with Crippen LogP contribution in [0.1, 0.15) is 18.5 Å². The molecule has 0 saturated heterocycles. The van der Waals surface area contributed by atoms with Gasteiger partial charge < -0.3 is 5.32 Å². The van der Waals surface area contributed by atoms with Gasteiger partial charge in [0.25, 0.3) is 0 Å². The maximum Gasteiger partial charge on any atom is 0.217 e. The molecule has 78 valence electrons. The van der Waals surface area contributed by atoms with Gasteiger partial charge in [0.05, 0.1) is 12.6 Å². The summed E-state index contributed by atoms with van der Waals surface area (Å²) in [5, 5.41) is 6.19. The number of hydrogen-bond donors (Lipinski definition) is 1. The van der Waals surface area contributed by atoms with E-state index >= 15 is 0 Å². The molecule has 0 saturated carbocycles. The van der Waals surface area contributed by atoms with Crippen molar-refractivity contribution in [1.82, 2.24) is 5.32 Å². The van der Waals surface area contributed by atoms with Crippen molar-refractivity contribution < 1.29 is 4.79 Å². The summed E-state index contributed by atoms with van der Waals surface area (Å²) >= 11 is 0. The van der Waals surface area contributed by atoms with E-state index in [9.17, 15) is 4.79 Å². The van der Waals surface area contributed by atoms with E-state index in [0.717, 1.165) is 5.56 Å². The molecule has 5 nitrogen and oxygen atoms in total. The standard InChI is InChI=1S/C10H12N4O/c1-8(15)13-10(7-12-14-11)9-5-3-2-4-6-9/h2-6,10H,7H2,1H3,(H,13,15). The van der Waals surface area contributed by atoms with Gasteiger partial charge in [0.2, 0.25) is 5.91 Å². The second-order valence-corrected chi connectivity index (χ2v) is 3.08. The Hall–Kier alpha value is -2.00. The molecule has 0 fully saturated rings. The Morgan fingerprint density at radius 3 is 2.73 bits per heavy atom. The van der Waals surface area contributed by atoms with Crippen molar-refractivity contribution in [2.45, 2.75) is 13.0 Å². The van der Waals surface area contributed by atoms with Crippen molar-refractivity contribution in [1.29, 1.82) is 0 Å². The van der Waals surface area contributed by atoms with E-state index in [1.165, 1.54) is 6.92 Å². The lowest BCUT2D eigenvalue weighted by atomic mass is 10.1. The maximum atomic E-state index is 10.9. The number of rotatable bonds is 4. The molecule has 1 unspecified atom stereocenters.